The van der Waals surface area contributed by atoms with Crippen LogP contribution in [0.25, 0.3) is 0 Å². The van der Waals surface area contributed by atoms with Crippen LogP contribution in [0, 0.1) is 0 Å². The molecular formula is C11H14BrN3O. The second-order valence-corrected chi connectivity index (χ2v) is 4.52. The predicted molar refractivity (Wildman–Crippen MR) is 68.7 cm³/mol. The standard InChI is InChI=1S/C11H14BrN3O/c12-8-3-1-4-9-11(8)14-5-2-6-15(9)10(16)7-13/h1,3-4,14H,2,5-7,13H2. The van der Waals surface area contributed by atoms with E-state index in [0.717, 1.165) is 28.8 Å². The number of rotatable bonds is 1. The first-order valence-electron chi connectivity index (χ1n) is 5.27. The largest absolute Gasteiger partial charge is 0.382 e. The molecule has 0 saturated carbocycles. The van der Waals surface area contributed by atoms with Crippen LogP contribution in [0.2, 0.25) is 0 Å². The summed E-state index contributed by atoms with van der Waals surface area (Å²) in [6, 6.07) is 5.82. The lowest BCUT2D eigenvalue weighted by Crippen LogP contribution is -2.36. The summed E-state index contributed by atoms with van der Waals surface area (Å²) >= 11 is 3.48. The summed E-state index contributed by atoms with van der Waals surface area (Å²) in [4.78, 5) is 13.5. The minimum atomic E-state index is -0.0388. The van der Waals surface area contributed by atoms with Gasteiger partial charge in [-0.2, -0.15) is 0 Å². The summed E-state index contributed by atoms with van der Waals surface area (Å²) < 4.78 is 0.974. The smallest absolute Gasteiger partial charge is 0.240 e. The van der Waals surface area contributed by atoms with Crippen molar-refractivity contribution in [3.05, 3.63) is 22.7 Å². The molecular weight excluding hydrogens is 270 g/mol. The lowest BCUT2D eigenvalue weighted by Gasteiger charge is -2.22. The van der Waals surface area contributed by atoms with E-state index in [9.17, 15) is 4.79 Å². The Bertz CT molecular complexity index is 408. The van der Waals surface area contributed by atoms with E-state index in [4.69, 9.17) is 5.73 Å². The molecule has 0 atom stereocenters. The van der Waals surface area contributed by atoms with Gasteiger partial charge in [-0.25, -0.2) is 0 Å². The van der Waals surface area contributed by atoms with Gasteiger partial charge in [0.2, 0.25) is 5.91 Å². The molecule has 16 heavy (non-hydrogen) atoms. The Labute approximate surface area is 103 Å². The molecule has 0 bridgehead atoms. The summed E-state index contributed by atoms with van der Waals surface area (Å²) in [5, 5.41) is 3.32. The number of para-hydroxylation sites is 1. The highest BCUT2D eigenvalue weighted by Crippen LogP contribution is 2.34. The van der Waals surface area contributed by atoms with Crippen molar-refractivity contribution in [3.8, 4) is 0 Å². The molecule has 1 aliphatic heterocycles. The summed E-state index contributed by atoms with van der Waals surface area (Å²) in [6.45, 7) is 1.63. The highest BCUT2D eigenvalue weighted by atomic mass is 79.9. The number of carbonyl (C=O) groups is 1. The Hall–Kier alpha value is -1.07. The molecule has 0 aliphatic carbocycles. The first-order chi connectivity index (χ1) is 7.74. The summed E-state index contributed by atoms with van der Waals surface area (Å²) in [5.74, 6) is -0.0388. The van der Waals surface area contributed by atoms with Crippen molar-refractivity contribution in [2.45, 2.75) is 6.42 Å². The Morgan fingerprint density at radius 2 is 2.38 bits per heavy atom. The van der Waals surface area contributed by atoms with Gasteiger partial charge in [-0.05, 0) is 34.5 Å². The van der Waals surface area contributed by atoms with Crippen LogP contribution >= 0.6 is 15.9 Å². The van der Waals surface area contributed by atoms with Crippen LogP contribution < -0.4 is 16.0 Å². The van der Waals surface area contributed by atoms with E-state index in [1.54, 1.807) is 4.90 Å². The number of nitrogens with zero attached hydrogens (tertiary/aromatic N) is 1. The molecule has 1 aromatic carbocycles. The van der Waals surface area contributed by atoms with E-state index in [0.29, 0.717) is 6.54 Å². The average molecular weight is 284 g/mol. The van der Waals surface area contributed by atoms with Crippen molar-refractivity contribution >= 4 is 33.2 Å². The molecule has 3 N–H and O–H groups in total. The zero-order valence-corrected chi connectivity index (χ0v) is 10.5. The number of fused-ring (bicyclic) bond motifs is 1. The number of nitrogens with two attached hydrogens (primary N) is 1. The van der Waals surface area contributed by atoms with E-state index in [1.807, 2.05) is 18.2 Å². The number of hydrogen-bond donors (Lipinski definition) is 2. The molecule has 1 aromatic rings. The lowest BCUT2D eigenvalue weighted by molar-refractivity contribution is -0.117. The number of hydrogen-bond acceptors (Lipinski definition) is 3. The minimum absolute atomic E-state index is 0.0388. The number of halogens is 1. The van der Waals surface area contributed by atoms with Crippen molar-refractivity contribution in [2.75, 3.05) is 29.9 Å². The van der Waals surface area contributed by atoms with Gasteiger partial charge in [-0.15, -0.1) is 0 Å². The van der Waals surface area contributed by atoms with E-state index in [1.165, 1.54) is 0 Å². The second kappa shape index (κ2) is 4.84. The molecule has 0 unspecified atom stereocenters. The van der Waals surface area contributed by atoms with Crippen molar-refractivity contribution < 1.29 is 4.79 Å². The van der Waals surface area contributed by atoms with Gasteiger partial charge in [0.05, 0.1) is 17.9 Å². The maximum absolute atomic E-state index is 11.8. The predicted octanol–water partition coefficient (Wildman–Crippen LogP) is 1.56. The van der Waals surface area contributed by atoms with Crippen LogP contribution in [0.1, 0.15) is 6.42 Å². The first-order valence-corrected chi connectivity index (χ1v) is 6.06. The van der Waals surface area contributed by atoms with E-state index < -0.39 is 0 Å². The molecule has 1 aliphatic rings. The number of amides is 1. The topological polar surface area (TPSA) is 58.4 Å². The summed E-state index contributed by atoms with van der Waals surface area (Å²) in [5.41, 5.74) is 7.30. The van der Waals surface area contributed by atoms with Crippen molar-refractivity contribution in [1.29, 1.82) is 0 Å². The van der Waals surface area contributed by atoms with Gasteiger partial charge in [0.25, 0.3) is 0 Å². The van der Waals surface area contributed by atoms with Gasteiger partial charge in [0.15, 0.2) is 0 Å². The van der Waals surface area contributed by atoms with Gasteiger partial charge in [-0.1, -0.05) is 6.07 Å². The molecule has 0 spiro atoms. The van der Waals surface area contributed by atoms with Crippen LogP contribution in [0.15, 0.2) is 22.7 Å². The van der Waals surface area contributed by atoms with Gasteiger partial charge in [0.1, 0.15) is 0 Å². The molecule has 0 saturated heterocycles. The fraction of sp³-hybridized carbons (Fsp3) is 0.364. The molecule has 5 heteroatoms. The Morgan fingerprint density at radius 1 is 1.56 bits per heavy atom. The molecule has 86 valence electrons. The molecule has 1 amide bonds. The fourth-order valence-corrected chi connectivity index (χ4v) is 2.35. The number of nitrogens with one attached hydrogen (secondary N) is 1. The zero-order valence-electron chi connectivity index (χ0n) is 8.87. The third-order valence-electron chi connectivity index (χ3n) is 2.62. The third-order valence-corrected chi connectivity index (χ3v) is 3.28. The molecule has 0 fully saturated rings. The van der Waals surface area contributed by atoms with Crippen LogP contribution in [-0.2, 0) is 4.79 Å². The molecule has 0 radical (unpaired) electrons. The van der Waals surface area contributed by atoms with Crippen molar-refractivity contribution in [2.24, 2.45) is 5.73 Å². The molecule has 1 heterocycles. The highest BCUT2D eigenvalue weighted by Gasteiger charge is 2.20. The maximum atomic E-state index is 11.8. The normalized spacial score (nSPS) is 15.0. The highest BCUT2D eigenvalue weighted by molar-refractivity contribution is 9.10. The second-order valence-electron chi connectivity index (χ2n) is 3.66. The van der Waals surface area contributed by atoms with E-state index in [-0.39, 0.29) is 12.5 Å². The number of carbonyl (C=O) groups excluding carboxylic acids is 1. The lowest BCUT2D eigenvalue weighted by atomic mass is 10.2. The Kier molecular flexibility index (Phi) is 3.46. The van der Waals surface area contributed by atoms with Gasteiger partial charge in [0, 0.05) is 17.6 Å². The van der Waals surface area contributed by atoms with E-state index in [2.05, 4.69) is 21.2 Å². The van der Waals surface area contributed by atoms with Crippen molar-refractivity contribution in [3.63, 3.8) is 0 Å². The number of anilines is 2. The summed E-state index contributed by atoms with van der Waals surface area (Å²) in [7, 11) is 0. The van der Waals surface area contributed by atoms with Crippen molar-refractivity contribution in [1.82, 2.24) is 0 Å². The SMILES string of the molecule is NCC(=O)N1CCCNc2c(Br)cccc21. The molecule has 4 nitrogen and oxygen atoms in total. The monoisotopic (exact) mass is 283 g/mol. The Balaban J connectivity index is 2.44. The van der Waals surface area contributed by atoms with Gasteiger partial charge >= 0.3 is 0 Å². The van der Waals surface area contributed by atoms with Crippen LogP contribution in [0.4, 0.5) is 11.4 Å². The first kappa shape index (κ1) is 11.4. The number of benzene rings is 1. The zero-order chi connectivity index (χ0) is 11.5. The minimum Gasteiger partial charge on any atom is -0.382 e. The van der Waals surface area contributed by atoms with Crippen LogP contribution in [0.5, 0.6) is 0 Å². The Morgan fingerprint density at radius 3 is 3.12 bits per heavy atom. The average Bonchev–Trinajstić information content (AvgIpc) is 2.51. The van der Waals surface area contributed by atoms with Gasteiger partial charge in [-0.3, -0.25) is 4.79 Å². The third kappa shape index (κ3) is 2.05. The van der Waals surface area contributed by atoms with E-state index >= 15 is 0 Å². The fourth-order valence-electron chi connectivity index (χ4n) is 1.85. The summed E-state index contributed by atoms with van der Waals surface area (Å²) in [6.07, 6.45) is 0.923. The van der Waals surface area contributed by atoms with Crippen LogP contribution in [0.3, 0.4) is 0 Å². The quantitative estimate of drug-likeness (QED) is 0.822. The van der Waals surface area contributed by atoms with Gasteiger partial charge < -0.3 is 16.0 Å². The maximum Gasteiger partial charge on any atom is 0.240 e. The molecule has 2 rings (SSSR count). The molecule has 0 aromatic heterocycles. The van der Waals surface area contributed by atoms with Crippen LogP contribution in [-0.4, -0.2) is 25.5 Å².